The average molecular weight is 512 g/mol. The van der Waals surface area contributed by atoms with Gasteiger partial charge in [-0.2, -0.15) is 0 Å². The van der Waals surface area contributed by atoms with E-state index in [0.29, 0.717) is 18.8 Å². The third-order valence-corrected chi connectivity index (χ3v) is 8.44. The number of rotatable bonds is 3. The summed E-state index contributed by atoms with van der Waals surface area (Å²) >= 11 is 0. The van der Waals surface area contributed by atoms with Crippen molar-refractivity contribution in [3.05, 3.63) is 83.3 Å². The van der Waals surface area contributed by atoms with Crippen LogP contribution in [0.2, 0.25) is 0 Å². The Hall–Kier alpha value is -3.98. The molecule has 5 heterocycles. The summed E-state index contributed by atoms with van der Waals surface area (Å²) in [5.74, 6) is 0.594. The molecule has 0 radical (unpaired) electrons. The summed E-state index contributed by atoms with van der Waals surface area (Å²) < 4.78 is 27.1. The molecule has 2 aromatic carbocycles. The van der Waals surface area contributed by atoms with E-state index in [1.807, 2.05) is 35.9 Å². The molecule has 2 spiro atoms. The zero-order chi connectivity index (χ0) is 25.5. The van der Waals surface area contributed by atoms with Crippen molar-refractivity contribution in [1.29, 1.82) is 0 Å². The molecule has 9 heteroatoms. The minimum Gasteiger partial charge on any atom is -0.380 e. The van der Waals surface area contributed by atoms with E-state index < -0.39 is 5.60 Å². The Bertz CT molecular complexity index is 1630. The molecule has 192 valence electrons. The minimum atomic E-state index is -0.563. The lowest BCUT2D eigenvalue weighted by Crippen LogP contribution is -2.64. The highest BCUT2D eigenvalue weighted by molar-refractivity contribution is 6.05. The largest absolute Gasteiger partial charge is 0.380 e. The molecular formula is C29H26FN5O3. The summed E-state index contributed by atoms with van der Waals surface area (Å²) in [7, 11) is 0. The molecule has 1 atom stereocenters. The Kier molecular flexibility index (Phi) is 4.51. The van der Waals surface area contributed by atoms with E-state index in [2.05, 4.69) is 27.2 Å². The third-order valence-electron chi connectivity index (χ3n) is 8.44. The molecular weight excluding hydrogens is 485 g/mol. The van der Waals surface area contributed by atoms with Crippen LogP contribution in [0, 0.1) is 18.2 Å². The molecule has 0 N–H and O–H groups in total. The zero-order valence-electron chi connectivity index (χ0n) is 20.9. The Balaban J connectivity index is 1.24. The molecule has 2 aromatic heterocycles. The van der Waals surface area contributed by atoms with Crippen LogP contribution >= 0.6 is 0 Å². The average Bonchev–Trinajstić information content (AvgIpc) is 3.26. The molecule has 4 aliphatic rings. The van der Waals surface area contributed by atoms with Crippen molar-refractivity contribution in [1.82, 2.24) is 19.6 Å². The first-order valence-corrected chi connectivity index (χ1v) is 13.0. The highest BCUT2D eigenvalue weighted by Crippen LogP contribution is 2.57. The number of halogens is 1. The molecule has 1 saturated carbocycles. The lowest BCUT2D eigenvalue weighted by Gasteiger charge is -2.54. The number of oxime groups is 1. The summed E-state index contributed by atoms with van der Waals surface area (Å²) in [6.07, 6.45) is 11.0. The molecule has 8 rings (SSSR count). The second-order valence-electron chi connectivity index (χ2n) is 11.2. The number of amidine groups is 1. The summed E-state index contributed by atoms with van der Waals surface area (Å²) in [6, 6.07) is 10.8. The van der Waals surface area contributed by atoms with Gasteiger partial charge in [0, 0.05) is 12.7 Å². The number of aryl methyl sites for hydroxylation is 1. The van der Waals surface area contributed by atoms with Crippen LogP contribution in [-0.2, 0) is 9.57 Å². The van der Waals surface area contributed by atoms with Crippen LogP contribution in [0.25, 0.3) is 22.7 Å². The summed E-state index contributed by atoms with van der Waals surface area (Å²) in [4.78, 5) is 13.0. The van der Waals surface area contributed by atoms with Gasteiger partial charge in [-0.25, -0.2) is 9.37 Å². The second-order valence-corrected chi connectivity index (χ2v) is 11.2. The van der Waals surface area contributed by atoms with Gasteiger partial charge in [-0.15, -0.1) is 0 Å². The van der Waals surface area contributed by atoms with Crippen molar-refractivity contribution in [3.63, 3.8) is 0 Å². The smallest absolute Gasteiger partial charge is 0.208 e. The monoisotopic (exact) mass is 511 g/mol. The van der Waals surface area contributed by atoms with Crippen LogP contribution < -0.4 is 0 Å². The van der Waals surface area contributed by atoms with E-state index in [1.54, 1.807) is 12.5 Å². The van der Waals surface area contributed by atoms with Crippen molar-refractivity contribution in [3.8, 4) is 5.69 Å². The molecule has 8 nitrogen and oxygen atoms in total. The van der Waals surface area contributed by atoms with Crippen LogP contribution in [0.3, 0.4) is 0 Å². The number of imidazole rings is 1. The summed E-state index contributed by atoms with van der Waals surface area (Å²) in [5.41, 5.74) is 5.35. The van der Waals surface area contributed by atoms with Gasteiger partial charge < -0.3 is 23.6 Å². The van der Waals surface area contributed by atoms with Crippen LogP contribution in [-0.4, -0.2) is 50.8 Å². The first-order chi connectivity index (χ1) is 18.5. The van der Waals surface area contributed by atoms with Crippen LogP contribution in [0.15, 0.2) is 70.4 Å². The van der Waals surface area contributed by atoms with E-state index in [9.17, 15) is 4.39 Å². The van der Waals surface area contributed by atoms with Crippen molar-refractivity contribution in [2.75, 3.05) is 19.8 Å². The van der Waals surface area contributed by atoms with Gasteiger partial charge in [0.2, 0.25) is 5.60 Å². The SMILES string of the molecule is Cc1cn(-c2ccc(C=C3CC4(CC4)CN4C3=NOC3(COC3)C4c3ccc(F)cc3)c3cnoc23)cn1. The van der Waals surface area contributed by atoms with E-state index >= 15 is 0 Å². The van der Waals surface area contributed by atoms with Crippen LogP contribution in [0.5, 0.6) is 0 Å². The number of ether oxygens (including phenoxy) is 1. The number of fused-ring (bicyclic) bond motifs is 2. The second kappa shape index (κ2) is 7.77. The van der Waals surface area contributed by atoms with E-state index in [1.165, 1.54) is 25.0 Å². The third kappa shape index (κ3) is 3.27. The zero-order valence-corrected chi connectivity index (χ0v) is 20.9. The maximum absolute atomic E-state index is 13.8. The van der Waals surface area contributed by atoms with Crippen molar-refractivity contribution >= 4 is 22.9 Å². The summed E-state index contributed by atoms with van der Waals surface area (Å²) in [5, 5.41) is 9.74. The van der Waals surface area contributed by atoms with Crippen molar-refractivity contribution < 1.29 is 18.5 Å². The molecule has 0 amide bonds. The van der Waals surface area contributed by atoms with Crippen LogP contribution in [0.4, 0.5) is 4.39 Å². The lowest BCUT2D eigenvalue weighted by atomic mass is 9.80. The molecule has 3 aliphatic heterocycles. The number of piperidine rings is 1. The summed E-state index contributed by atoms with van der Waals surface area (Å²) in [6.45, 7) is 3.79. The first kappa shape index (κ1) is 22.0. The highest BCUT2D eigenvalue weighted by atomic mass is 19.1. The number of aromatic nitrogens is 3. The van der Waals surface area contributed by atoms with Gasteiger partial charge >= 0.3 is 0 Å². The van der Waals surface area contributed by atoms with Gasteiger partial charge in [0.05, 0.1) is 42.5 Å². The maximum atomic E-state index is 13.8. The van der Waals surface area contributed by atoms with E-state index in [0.717, 1.165) is 52.3 Å². The molecule has 3 fully saturated rings. The van der Waals surface area contributed by atoms with E-state index in [4.69, 9.17) is 19.3 Å². The lowest BCUT2D eigenvalue weighted by molar-refractivity contribution is -0.248. The molecule has 4 aromatic rings. The number of nitrogens with zero attached hydrogens (tertiary/aromatic N) is 5. The highest BCUT2D eigenvalue weighted by Gasteiger charge is 2.60. The molecule has 1 aliphatic carbocycles. The Labute approximate surface area is 218 Å². The normalized spacial score (nSPS) is 23.8. The Morgan fingerprint density at radius 1 is 1.11 bits per heavy atom. The fraction of sp³-hybridized carbons (Fsp3) is 0.345. The van der Waals surface area contributed by atoms with Crippen molar-refractivity contribution in [2.45, 2.75) is 37.8 Å². The molecule has 38 heavy (non-hydrogen) atoms. The van der Waals surface area contributed by atoms with E-state index in [-0.39, 0.29) is 17.3 Å². The van der Waals surface area contributed by atoms with Gasteiger partial charge in [0.15, 0.2) is 11.4 Å². The fourth-order valence-corrected chi connectivity index (χ4v) is 6.26. The van der Waals surface area contributed by atoms with Gasteiger partial charge in [0.25, 0.3) is 0 Å². The molecule has 1 unspecified atom stereocenters. The first-order valence-electron chi connectivity index (χ1n) is 13.0. The predicted molar refractivity (Wildman–Crippen MR) is 138 cm³/mol. The van der Waals surface area contributed by atoms with Gasteiger partial charge in [0.1, 0.15) is 11.9 Å². The van der Waals surface area contributed by atoms with Crippen LogP contribution in [0.1, 0.15) is 42.1 Å². The molecule has 0 bridgehead atoms. The Morgan fingerprint density at radius 3 is 2.66 bits per heavy atom. The molecule has 2 saturated heterocycles. The Morgan fingerprint density at radius 2 is 1.95 bits per heavy atom. The van der Waals surface area contributed by atoms with Gasteiger partial charge in [-0.1, -0.05) is 28.5 Å². The quantitative estimate of drug-likeness (QED) is 0.377. The maximum Gasteiger partial charge on any atom is 0.208 e. The predicted octanol–water partition coefficient (Wildman–Crippen LogP) is 5.18. The minimum absolute atomic E-state index is 0.104. The number of benzene rings is 2. The fourth-order valence-electron chi connectivity index (χ4n) is 6.26. The van der Waals surface area contributed by atoms with Crippen molar-refractivity contribution in [2.24, 2.45) is 10.6 Å². The topological polar surface area (TPSA) is 77.9 Å². The number of hydrogen-bond donors (Lipinski definition) is 0. The van der Waals surface area contributed by atoms with Gasteiger partial charge in [-0.3, -0.25) is 0 Å². The standard InChI is InChI=1S/C29H26FN5O3/c1-18-13-34(17-31-18)24-7-4-20(23-12-32-37-25(23)24)10-21-11-28(8-9-28)14-35-26(19-2-5-22(30)6-3-19)29(15-36-16-29)38-33-27(21)35/h2-7,10,12-13,17,26H,8-9,11,14-16H2,1H3. The number of hydrogen-bond acceptors (Lipinski definition) is 7. The van der Waals surface area contributed by atoms with Gasteiger partial charge in [-0.05, 0) is 72.6 Å².